The van der Waals surface area contributed by atoms with Gasteiger partial charge >= 0.3 is 0 Å². The van der Waals surface area contributed by atoms with Crippen LogP contribution in [0.1, 0.15) is 22.5 Å². The third kappa shape index (κ3) is 4.74. The van der Waals surface area contributed by atoms with E-state index in [1.807, 2.05) is 56.6 Å². The Bertz CT molecular complexity index is 1060. The Balaban J connectivity index is 1.35. The first-order valence-corrected chi connectivity index (χ1v) is 10.6. The van der Waals surface area contributed by atoms with Crippen molar-refractivity contribution < 1.29 is 4.79 Å². The maximum Gasteiger partial charge on any atom is 0.238 e. The predicted molar refractivity (Wildman–Crippen MR) is 122 cm³/mol. The van der Waals surface area contributed by atoms with Crippen molar-refractivity contribution in [3.05, 3.63) is 59.2 Å². The highest BCUT2D eigenvalue weighted by molar-refractivity contribution is 5.93. The molecule has 1 N–H and O–H groups in total. The van der Waals surface area contributed by atoms with E-state index in [2.05, 4.69) is 25.2 Å². The van der Waals surface area contributed by atoms with Gasteiger partial charge in [0.05, 0.1) is 24.6 Å². The van der Waals surface area contributed by atoms with Crippen molar-refractivity contribution in [1.29, 1.82) is 0 Å². The molecule has 162 valence electrons. The molecule has 0 bridgehead atoms. The number of anilines is 2. The van der Waals surface area contributed by atoms with Crippen molar-refractivity contribution in [3.8, 4) is 5.82 Å². The molecule has 2 aromatic heterocycles. The minimum atomic E-state index is 0.0252. The lowest BCUT2D eigenvalue weighted by atomic mass is 10.1. The SMILES string of the molecule is Cc1cc(C)n(-c2cncc(N3CCN(CC(=O)Nc4c(C)cccc4C)CC3)n2)n1. The number of aryl methyl sites for hydroxylation is 4. The number of piperazine rings is 1. The summed E-state index contributed by atoms with van der Waals surface area (Å²) in [5, 5.41) is 7.58. The second kappa shape index (κ2) is 8.85. The van der Waals surface area contributed by atoms with Crippen LogP contribution in [0.2, 0.25) is 0 Å². The lowest BCUT2D eigenvalue weighted by Gasteiger charge is -2.35. The number of hydrogen-bond donors (Lipinski definition) is 1. The normalized spacial score (nSPS) is 14.6. The summed E-state index contributed by atoms with van der Waals surface area (Å²) in [5.41, 5.74) is 5.07. The summed E-state index contributed by atoms with van der Waals surface area (Å²) in [6.45, 7) is 11.6. The van der Waals surface area contributed by atoms with Crippen LogP contribution in [0, 0.1) is 27.7 Å². The summed E-state index contributed by atoms with van der Waals surface area (Å²) < 4.78 is 1.82. The van der Waals surface area contributed by atoms with E-state index in [0.29, 0.717) is 6.54 Å². The van der Waals surface area contributed by atoms with Crippen LogP contribution in [0.15, 0.2) is 36.7 Å². The molecule has 0 radical (unpaired) electrons. The van der Waals surface area contributed by atoms with Gasteiger partial charge in [0.15, 0.2) is 5.82 Å². The summed E-state index contributed by atoms with van der Waals surface area (Å²) >= 11 is 0. The molecule has 0 unspecified atom stereocenters. The lowest BCUT2D eigenvalue weighted by Crippen LogP contribution is -2.49. The molecular weight excluding hydrogens is 390 g/mol. The molecule has 3 heterocycles. The number of para-hydroxylation sites is 1. The standard InChI is InChI=1S/C23H29N7O/c1-16-6-5-7-17(2)23(16)26-22(31)15-28-8-10-29(11-9-28)20-13-24-14-21(25-20)30-19(4)12-18(3)27-30/h5-7,12-14H,8-11,15H2,1-4H3,(H,26,31). The predicted octanol–water partition coefficient (Wildman–Crippen LogP) is 2.66. The summed E-state index contributed by atoms with van der Waals surface area (Å²) in [4.78, 5) is 26.1. The molecule has 8 nitrogen and oxygen atoms in total. The van der Waals surface area contributed by atoms with Crippen molar-refractivity contribution >= 4 is 17.4 Å². The first-order valence-electron chi connectivity index (χ1n) is 10.6. The Kier molecular flexibility index (Phi) is 5.99. The zero-order valence-electron chi connectivity index (χ0n) is 18.6. The molecule has 1 aliphatic rings. The van der Waals surface area contributed by atoms with Gasteiger partial charge in [-0.3, -0.25) is 14.7 Å². The van der Waals surface area contributed by atoms with Crippen molar-refractivity contribution in [1.82, 2.24) is 24.6 Å². The molecule has 1 saturated heterocycles. The van der Waals surface area contributed by atoms with Gasteiger partial charge in [0.25, 0.3) is 0 Å². The third-order valence-corrected chi connectivity index (χ3v) is 5.64. The molecule has 0 aliphatic carbocycles. The number of nitrogens with zero attached hydrogens (tertiary/aromatic N) is 6. The van der Waals surface area contributed by atoms with Gasteiger partial charge < -0.3 is 10.2 Å². The zero-order chi connectivity index (χ0) is 22.0. The smallest absolute Gasteiger partial charge is 0.238 e. The number of carbonyl (C=O) groups is 1. The fourth-order valence-corrected chi connectivity index (χ4v) is 3.99. The van der Waals surface area contributed by atoms with Crippen molar-refractivity contribution in [3.63, 3.8) is 0 Å². The van der Waals surface area contributed by atoms with E-state index >= 15 is 0 Å². The van der Waals surface area contributed by atoms with Gasteiger partial charge in [0.1, 0.15) is 5.82 Å². The van der Waals surface area contributed by atoms with Gasteiger partial charge in [-0.1, -0.05) is 18.2 Å². The minimum Gasteiger partial charge on any atom is -0.353 e. The Hall–Kier alpha value is -3.26. The number of aromatic nitrogens is 4. The van der Waals surface area contributed by atoms with Crippen LogP contribution in [-0.2, 0) is 4.79 Å². The van der Waals surface area contributed by atoms with Crippen LogP contribution >= 0.6 is 0 Å². The highest BCUT2D eigenvalue weighted by atomic mass is 16.2. The highest BCUT2D eigenvalue weighted by Crippen LogP contribution is 2.20. The second-order valence-electron chi connectivity index (χ2n) is 8.15. The second-order valence-corrected chi connectivity index (χ2v) is 8.15. The summed E-state index contributed by atoms with van der Waals surface area (Å²) in [7, 11) is 0. The van der Waals surface area contributed by atoms with Crippen LogP contribution in [0.25, 0.3) is 5.82 Å². The van der Waals surface area contributed by atoms with Gasteiger partial charge in [-0.2, -0.15) is 5.10 Å². The van der Waals surface area contributed by atoms with Crippen molar-refractivity contribution in [2.24, 2.45) is 0 Å². The van der Waals surface area contributed by atoms with Gasteiger partial charge in [0, 0.05) is 37.6 Å². The Morgan fingerprint density at radius 2 is 1.68 bits per heavy atom. The van der Waals surface area contributed by atoms with E-state index in [1.54, 1.807) is 12.4 Å². The molecule has 4 rings (SSSR count). The van der Waals surface area contributed by atoms with Gasteiger partial charge in [-0.05, 0) is 44.9 Å². The van der Waals surface area contributed by atoms with Gasteiger partial charge in [-0.15, -0.1) is 0 Å². The number of hydrogen-bond acceptors (Lipinski definition) is 6. The molecule has 0 atom stereocenters. The number of carbonyl (C=O) groups excluding carboxylic acids is 1. The van der Waals surface area contributed by atoms with E-state index in [1.165, 1.54) is 0 Å². The molecule has 1 aliphatic heterocycles. The Morgan fingerprint density at radius 1 is 1.00 bits per heavy atom. The molecular formula is C23H29N7O. The number of nitrogens with one attached hydrogen (secondary N) is 1. The Morgan fingerprint density at radius 3 is 2.32 bits per heavy atom. The third-order valence-electron chi connectivity index (χ3n) is 5.64. The van der Waals surface area contributed by atoms with Crippen LogP contribution in [0.5, 0.6) is 0 Å². The summed E-state index contributed by atoms with van der Waals surface area (Å²) in [6.07, 6.45) is 3.52. The topological polar surface area (TPSA) is 79.2 Å². The number of rotatable bonds is 5. The monoisotopic (exact) mass is 419 g/mol. The molecule has 31 heavy (non-hydrogen) atoms. The van der Waals surface area contributed by atoms with Gasteiger partial charge in [0.2, 0.25) is 5.91 Å². The first-order chi connectivity index (χ1) is 14.9. The van der Waals surface area contributed by atoms with Crippen molar-refractivity contribution in [2.75, 3.05) is 42.9 Å². The van der Waals surface area contributed by atoms with E-state index in [9.17, 15) is 4.79 Å². The fourth-order valence-electron chi connectivity index (χ4n) is 3.99. The first kappa shape index (κ1) is 21.0. The van der Waals surface area contributed by atoms with Crippen LogP contribution < -0.4 is 10.2 Å². The molecule has 8 heteroatoms. The molecule has 1 amide bonds. The van der Waals surface area contributed by atoms with Crippen LogP contribution in [0.4, 0.5) is 11.5 Å². The molecule has 1 fully saturated rings. The van der Waals surface area contributed by atoms with E-state index in [-0.39, 0.29) is 5.91 Å². The molecule has 0 spiro atoms. The van der Waals surface area contributed by atoms with Crippen LogP contribution in [-0.4, -0.2) is 63.3 Å². The van der Waals surface area contributed by atoms with Crippen molar-refractivity contribution in [2.45, 2.75) is 27.7 Å². The average molecular weight is 420 g/mol. The minimum absolute atomic E-state index is 0.0252. The summed E-state index contributed by atoms with van der Waals surface area (Å²) in [6, 6.07) is 8.06. The Labute approximate surface area is 182 Å². The quantitative estimate of drug-likeness (QED) is 0.685. The molecule has 1 aromatic carbocycles. The maximum atomic E-state index is 12.6. The van der Waals surface area contributed by atoms with Crippen LogP contribution in [0.3, 0.4) is 0 Å². The summed E-state index contributed by atoms with van der Waals surface area (Å²) in [5.74, 6) is 1.58. The number of amides is 1. The van der Waals surface area contributed by atoms with E-state index in [4.69, 9.17) is 4.98 Å². The molecule has 3 aromatic rings. The highest BCUT2D eigenvalue weighted by Gasteiger charge is 2.21. The maximum absolute atomic E-state index is 12.6. The van der Waals surface area contributed by atoms with E-state index < -0.39 is 0 Å². The number of benzene rings is 1. The zero-order valence-corrected chi connectivity index (χ0v) is 18.6. The largest absolute Gasteiger partial charge is 0.353 e. The van der Waals surface area contributed by atoms with E-state index in [0.717, 1.165) is 66.0 Å². The lowest BCUT2D eigenvalue weighted by molar-refractivity contribution is -0.117. The average Bonchev–Trinajstić information content (AvgIpc) is 3.09. The fraction of sp³-hybridized carbons (Fsp3) is 0.391. The molecule has 0 saturated carbocycles. The van der Waals surface area contributed by atoms with Gasteiger partial charge in [-0.25, -0.2) is 9.67 Å².